The molecule has 0 saturated carbocycles. The van der Waals surface area contributed by atoms with Crippen molar-refractivity contribution < 1.29 is 9.47 Å². The van der Waals surface area contributed by atoms with E-state index in [1.54, 1.807) is 0 Å². The molecule has 1 heterocycles. The van der Waals surface area contributed by atoms with Crippen LogP contribution in [-0.2, 0) is 16.0 Å². The summed E-state index contributed by atoms with van der Waals surface area (Å²) in [7, 11) is 0. The van der Waals surface area contributed by atoms with Crippen molar-refractivity contribution in [2.24, 2.45) is 0 Å². The van der Waals surface area contributed by atoms with Crippen molar-refractivity contribution in [3.05, 3.63) is 29.6 Å². The van der Waals surface area contributed by atoms with Gasteiger partial charge in [0.05, 0.1) is 0 Å². The molecule has 4 nitrogen and oxygen atoms in total. The first-order valence-corrected chi connectivity index (χ1v) is 6.61. The van der Waals surface area contributed by atoms with Crippen molar-refractivity contribution in [3.8, 4) is 0 Å². The van der Waals surface area contributed by atoms with Gasteiger partial charge in [0.25, 0.3) is 0 Å². The molecular weight excluding hydrogens is 228 g/mol. The van der Waals surface area contributed by atoms with Gasteiger partial charge in [-0.05, 0) is 32.4 Å². The highest BCUT2D eigenvalue weighted by atomic mass is 16.7. The third kappa shape index (κ3) is 6.10. The lowest BCUT2D eigenvalue weighted by Crippen LogP contribution is -2.24. The molecule has 0 bridgehead atoms. The van der Waals surface area contributed by atoms with E-state index in [2.05, 4.69) is 16.4 Å². The molecule has 1 aromatic rings. The second-order valence-corrected chi connectivity index (χ2v) is 4.11. The van der Waals surface area contributed by atoms with Gasteiger partial charge >= 0.3 is 0 Å². The van der Waals surface area contributed by atoms with E-state index in [4.69, 9.17) is 9.47 Å². The van der Waals surface area contributed by atoms with Gasteiger partial charge in [-0.3, -0.25) is 4.98 Å². The van der Waals surface area contributed by atoms with Crippen molar-refractivity contribution in [3.63, 3.8) is 0 Å². The van der Waals surface area contributed by atoms with Gasteiger partial charge in [-0.2, -0.15) is 0 Å². The third-order valence-electron chi connectivity index (χ3n) is 2.56. The SMILES string of the molecule is CCOC(CCNCc1ccc(C)nc1)OCC. The number of hydrogen-bond acceptors (Lipinski definition) is 4. The van der Waals surface area contributed by atoms with E-state index in [-0.39, 0.29) is 6.29 Å². The van der Waals surface area contributed by atoms with Crippen LogP contribution < -0.4 is 5.32 Å². The van der Waals surface area contributed by atoms with Crippen LogP contribution in [0.2, 0.25) is 0 Å². The van der Waals surface area contributed by atoms with Gasteiger partial charge < -0.3 is 14.8 Å². The Balaban J connectivity index is 2.18. The Hall–Kier alpha value is -0.970. The summed E-state index contributed by atoms with van der Waals surface area (Å²) >= 11 is 0. The molecule has 0 radical (unpaired) electrons. The van der Waals surface area contributed by atoms with Crippen LogP contribution >= 0.6 is 0 Å². The summed E-state index contributed by atoms with van der Waals surface area (Å²) in [6.07, 6.45) is 2.68. The van der Waals surface area contributed by atoms with E-state index in [9.17, 15) is 0 Å². The minimum absolute atomic E-state index is 0.0938. The first-order valence-electron chi connectivity index (χ1n) is 6.61. The van der Waals surface area contributed by atoms with Crippen LogP contribution in [0.15, 0.2) is 18.3 Å². The van der Waals surface area contributed by atoms with Crippen LogP contribution in [0.5, 0.6) is 0 Å². The maximum Gasteiger partial charge on any atom is 0.158 e. The van der Waals surface area contributed by atoms with Gasteiger partial charge in [0, 0.05) is 44.6 Å². The summed E-state index contributed by atoms with van der Waals surface area (Å²) in [5.74, 6) is 0. The zero-order valence-corrected chi connectivity index (χ0v) is 11.6. The molecule has 0 unspecified atom stereocenters. The second kappa shape index (κ2) is 9.03. The van der Waals surface area contributed by atoms with Gasteiger partial charge in [0.2, 0.25) is 0 Å². The minimum atomic E-state index is -0.0938. The molecule has 102 valence electrons. The molecule has 0 saturated heterocycles. The minimum Gasteiger partial charge on any atom is -0.353 e. The lowest BCUT2D eigenvalue weighted by atomic mass is 10.2. The largest absolute Gasteiger partial charge is 0.353 e. The number of aromatic nitrogens is 1. The highest BCUT2D eigenvalue weighted by Gasteiger charge is 2.06. The number of hydrogen-bond donors (Lipinski definition) is 1. The van der Waals surface area contributed by atoms with Crippen LogP contribution in [0, 0.1) is 6.92 Å². The van der Waals surface area contributed by atoms with Crippen LogP contribution in [0.1, 0.15) is 31.5 Å². The fourth-order valence-electron chi connectivity index (χ4n) is 1.64. The van der Waals surface area contributed by atoms with Gasteiger partial charge in [0.15, 0.2) is 6.29 Å². The van der Waals surface area contributed by atoms with Gasteiger partial charge in [-0.15, -0.1) is 0 Å². The molecule has 0 amide bonds. The lowest BCUT2D eigenvalue weighted by molar-refractivity contribution is -0.138. The smallest absolute Gasteiger partial charge is 0.158 e. The van der Waals surface area contributed by atoms with Crippen molar-refractivity contribution in [2.45, 2.75) is 40.0 Å². The maximum atomic E-state index is 5.48. The van der Waals surface area contributed by atoms with E-state index >= 15 is 0 Å². The number of nitrogens with one attached hydrogen (secondary N) is 1. The molecule has 0 aromatic carbocycles. The zero-order valence-electron chi connectivity index (χ0n) is 11.6. The maximum absolute atomic E-state index is 5.48. The molecule has 1 rings (SSSR count). The Morgan fingerprint density at radius 3 is 2.50 bits per heavy atom. The summed E-state index contributed by atoms with van der Waals surface area (Å²) in [4.78, 5) is 4.26. The number of nitrogens with zero attached hydrogens (tertiary/aromatic N) is 1. The predicted octanol–water partition coefficient (Wildman–Crippen LogP) is 2.27. The Morgan fingerprint density at radius 1 is 1.22 bits per heavy atom. The highest BCUT2D eigenvalue weighted by molar-refractivity contribution is 5.12. The van der Waals surface area contributed by atoms with Crippen LogP contribution in [0.25, 0.3) is 0 Å². The predicted molar refractivity (Wildman–Crippen MR) is 72.3 cm³/mol. The summed E-state index contributed by atoms with van der Waals surface area (Å²) in [6, 6.07) is 4.12. The van der Waals surface area contributed by atoms with E-state index in [0.29, 0.717) is 13.2 Å². The zero-order chi connectivity index (χ0) is 13.2. The molecule has 0 atom stereocenters. The van der Waals surface area contributed by atoms with E-state index in [1.165, 1.54) is 5.56 Å². The third-order valence-corrected chi connectivity index (χ3v) is 2.56. The topological polar surface area (TPSA) is 43.4 Å². The summed E-state index contributed by atoms with van der Waals surface area (Å²) in [5.41, 5.74) is 2.25. The van der Waals surface area contributed by atoms with E-state index < -0.39 is 0 Å². The van der Waals surface area contributed by atoms with E-state index in [0.717, 1.165) is 25.2 Å². The highest BCUT2D eigenvalue weighted by Crippen LogP contribution is 2.01. The average molecular weight is 252 g/mol. The quantitative estimate of drug-likeness (QED) is 0.541. The monoisotopic (exact) mass is 252 g/mol. The standard InChI is InChI=1S/C14H24N2O2/c1-4-17-14(18-5-2)8-9-15-10-13-7-6-12(3)16-11-13/h6-7,11,14-15H,4-5,8-10H2,1-3H3. The Morgan fingerprint density at radius 2 is 1.94 bits per heavy atom. The molecule has 4 heteroatoms. The van der Waals surface area contributed by atoms with Gasteiger partial charge in [0.1, 0.15) is 0 Å². The molecule has 0 aliphatic rings. The number of aryl methyl sites for hydroxylation is 1. The van der Waals surface area contributed by atoms with Crippen LogP contribution in [0.3, 0.4) is 0 Å². The molecule has 0 aliphatic heterocycles. The van der Waals surface area contributed by atoms with Crippen molar-refractivity contribution in [2.75, 3.05) is 19.8 Å². The number of ether oxygens (including phenoxy) is 2. The van der Waals surface area contributed by atoms with Crippen molar-refractivity contribution in [1.29, 1.82) is 0 Å². The molecule has 0 aliphatic carbocycles. The summed E-state index contributed by atoms with van der Waals surface area (Å²) in [6.45, 7) is 9.04. The van der Waals surface area contributed by atoms with Crippen molar-refractivity contribution >= 4 is 0 Å². The lowest BCUT2D eigenvalue weighted by Gasteiger charge is -2.16. The normalized spacial score (nSPS) is 11.1. The number of pyridine rings is 1. The van der Waals surface area contributed by atoms with E-state index in [1.807, 2.05) is 33.0 Å². The van der Waals surface area contributed by atoms with Gasteiger partial charge in [-0.1, -0.05) is 6.07 Å². The first kappa shape index (κ1) is 15.1. The van der Waals surface area contributed by atoms with Crippen molar-refractivity contribution in [1.82, 2.24) is 10.3 Å². The fourth-order valence-corrected chi connectivity index (χ4v) is 1.64. The Kier molecular flexibility index (Phi) is 7.57. The molecular formula is C14H24N2O2. The van der Waals surface area contributed by atoms with Crippen LogP contribution in [0.4, 0.5) is 0 Å². The molecule has 0 fully saturated rings. The molecule has 1 N–H and O–H groups in total. The molecule has 1 aromatic heterocycles. The number of rotatable bonds is 9. The Labute approximate surface area is 110 Å². The van der Waals surface area contributed by atoms with Crippen LogP contribution in [-0.4, -0.2) is 31.0 Å². The fraction of sp³-hybridized carbons (Fsp3) is 0.643. The summed E-state index contributed by atoms with van der Waals surface area (Å²) in [5, 5.41) is 3.37. The Bertz CT molecular complexity index is 308. The first-order chi connectivity index (χ1) is 8.76. The molecule has 0 spiro atoms. The average Bonchev–Trinajstić information content (AvgIpc) is 2.37. The van der Waals surface area contributed by atoms with Gasteiger partial charge in [-0.25, -0.2) is 0 Å². The molecule has 18 heavy (non-hydrogen) atoms. The second-order valence-electron chi connectivity index (χ2n) is 4.11. The summed E-state index contributed by atoms with van der Waals surface area (Å²) < 4.78 is 11.0.